The van der Waals surface area contributed by atoms with Gasteiger partial charge in [-0.2, -0.15) is 0 Å². The van der Waals surface area contributed by atoms with Gasteiger partial charge in [-0.15, -0.1) is 0 Å². The minimum absolute atomic E-state index is 0. The van der Waals surface area contributed by atoms with Gasteiger partial charge in [-0.1, -0.05) is 30.3 Å². The maximum atomic E-state index is 5.08. The Hall–Kier alpha value is -1.38. The minimum atomic E-state index is 0. The molecule has 0 spiro atoms. The molecule has 0 amide bonds. The smallest absolute Gasteiger partial charge is 0.173 e. The third-order valence-corrected chi connectivity index (χ3v) is 2.48. The summed E-state index contributed by atoms with van der Waals surface area (Å²) >= 11 is 0. The van der Waals surface area contributed by atoms with Gasteiger partial charge in [0.05, 0.1) is 6.61 Å². The van der Waals surface area contributed by atoms with Crippen molar-refractivity contribution in [1.82, 2.24) is 0 Å². The van der Waals surface area contributed by atoms with E-state index in [0.29, 0.717) is 6.61 Å². The van der Waals surface area contributed by atoms with Crippen LogP contribution in [0.1, 0.15) is 11.1 Å². The molecule has 1 aromatic heterocycles. The normalized spacial score (nSPS) is 9.71. The molecule has 0 aliphatic heterocycles. The predicted molar refractivity (Wildman–Crippen MR) is 62.9 cm³/mol. The molecule has 0 aliphatic carbocycles. The maximum absolute atomic E-state index is 5.08. The predicted octanol–water partition coefficient (Wildman–Crippen LogP) is -0.827. The van der Waals surface area contributed by atoms with Crippen LogP contribution in [0.5, 0.6) is 0 Å². The number of nitrogens with zero attached hydrogens (tertiary/aromatic N) is 1. The molecular weight excluding hydrogens is 234 g/mol. The first-order chi connectivity index (χ1) is 7.88. The second-order valence-electron chi connectivity index (χ2n) is 3.80. The standard InChI is InChI=1S/C14H16NO.ClH/c1-16-12-14-7-5-13(6-8-14)11-15-9-3-2-4-10-15;/h2-10H,11-12H2,1H3;1H/q+1;/p-1. The van der Waals surface area contributed by atoms with E-state index in [2.05, 4.69) is 41.2 Å². The lowest BCUT2D eigenvalue weighted by Gasteiger charge is -2.01. The Bertz CT molecular complexity index is 428. The van der Waals surface area contributed by atoms with Gasteiger partial charge >= 0.3 is 0 Å². The van der Waals surface area contributed by atoms with Crippen molar-refractivity contribution in [3.63, 3.8) is 0 Å². The fourth-order valence-electron chi connectivity index (χ4n) is 1.66. The number of hydrogen-bond donors (Lipinski definition) is 0. The third-order valence-electron chi connectivity index (χ3n) is 2.48. The Labute approximate surface area is 108 Å². The van der Waals surface area contributed by atoms with Crippen molar-refractivity contribution in [2.75, 3.05) is 7.11 Å². The summed E-state index contributed by atoms with van der Waals surface area (Å²) < 4.78 is 7.24. The molecule has 0 saturated heterocycles. The van der Waals surface area contributed by atoms with E-state index in [1.54, 1.807) is 7.11 Å². The number of hydrogen-bond acceptors (Lipinski definition) is 1. The van der Waals surface area contributed by atoms with Crippen molar-refractivity contribution >= 4 is 0 Å². The number of aromatic nitrogens is 1. The van der Waals surface area contributed by atoms with Gasteiger partial charge in [0.2, 0.25) is 0 Å². The van der Waals surface area contributed by atoms with E-state index in [0.717, 1.165) is 6.54 Å². The van der Waals surface area contributed by atoms with Crippen LogP contribution in [0, 0.1) is 0 Å². The van der Waals surface area contributed by atoms with Crippen LogP contribution in [0.4, 0.5) is 0 Å². The Balaban J connectivity index is 0.00000144. The van der Waals surface area contributed by atoms with Crippen LogP contribution in [0.2, 0.25) is 0 Å². The first-order valence-corrected chi connectivity index (χ1v) is 5.39. The summed E-state index contributed by atoms with van der Waals surface area (Å²) in [5.74, 6) is 0. The number of methoxy groups -OCH3 is 1. The molecule has 90 valence electrons. The van der Waals surface area contributed by atoms with Crippen LogP contribution < -0.4 is 17.0 Å². The van der Waals surface area contributed by atoms with Gasteiger partial charge in [0.25, 0.3) is 0 Å². The molecule has 2 rings (SSSR count). The second-order valence-corrected chi connectivity index (χ2v) is 3.80. The molecule has 0 N–H and O–H groups in total. The fraction of sp³-hybridized carbons (Fsp3) is 0.214. The lowest BCUT2D eigenvalue weighted by atomic mass is 10.1. The molecule has 1 heterocycles. The molecule has 0 atom stereocenters. The van der Waals surface area contributed by atoms with Crippen LogP contribution in [-0.4, -0.2) is 7.11 Å². The minimum Gasteiger partial charge on any atom is -1.00 e. The number of ether oxygens (including phenoxy) is 1. The van der Waals surface area contributed by atoms with E-state index in [1.165, 1.54) is 11.1 Å². The Kier molecular flexibility index (Phi) is 5.67. The highest BCUT2D eigenvalue weighted by atomic mass is 35.5. The van der Waals surface area contributed by atoms with Crippen LogP contribution in [0.25, 0.3) is 0 Å². The monoisotopic (exact) mass is 249 g/mol. The highest BCUT2D eigenvalue weighted by molar-refractivity contribution is 5.21. The summed E-state index contributed by atoms with van der Waals surface area (Å²) in [6, 6.07) is 14.6. The fourth-order valence-corrected chi connectivity index (χ4v) is 1.66. The van der Waals surface area contributed by atoms with E-state index in [4.69, 9.17) is 4.74 Å². The van der Waals surface area contributed by atoms with Crippen molar-refractivity contribution in [2.24, 2.45) is 0 Å². The van der Waals surface area contributed by atoms with Crippen LogP contribution >= 0.6 is 0 Å². The zero-order valence-corrected chi connectivity index (χ0v) is 10.6. The molecule has 0 fully saturated rings. The van der Waals surface area contributed by atoms with Gasteiger partial charge in [-0.05, 0) is 5.56 Å². The highest BCUT2D eigenvalue weighted by Crippen LogP contribution is 2.05. The zero-order chi connectivity index (χ0) is 11.2. The molecule has 2 nitrogen and oxygen atoms in total. The molecule has 0 radical (unpaired) electrons. The molecule has 0 saturated carbocycles. The summed E-state index contributed by atoms with van der Waals surface area (Å²) in [6.07, 6.45) is 4.14. The van der Waals surface area contributed by atoms with Crippen molar-refractivity contribution in [3.05, 3.63) is 66.0 Å². The Morgan fingerprint density at radius 2 is 1.53 bits per heavy atom. The molecule has 0 bridgehead atoms. The van der Waals surface area contributed by atoms with Gasteiger partial charge in [-0.25, -0.2) is 4.57 Å². The Morgan fingerprint density at radius 3 is 2.12 bits per heavy atom. The third kappa shape index (κ3) is 4.17. The van der Waals surface area contributed by atoms with Crippen LogP contribution in [0.3, 0.4) is 0 Å². The van der Waals surface area contributed by atoms with Crippen molar-refractivity contribution in [1.29, 1.82) is 0 Å². The molecule has 0 aliphatic rings. The van der Waals surface area contributed by atoms with E-state index in [1.807, 2.05) is 18.2 Å². The highest BCUT2D eigenvalue weighted by Gasteiger charge is 2.00. The number of halogens is 1. The molecule has 0 unspecified atom stereocenters. The van der Waals surface area contributed by atoms with Gasteiger partial charge in [0, 0.05) is 24.8 Å². The largest absolute Gasteiger partial charge is 1.00 e. The summed E-state index contributed by atoms with van der Waals surface area (Å²) in [4.78, 5) is 0. The second kappa shape index (κ2) is 7.05. The molecule has 17 heavy (non-hydrogen) atoms. The maximum Gasteiger partial charge on any atom is 0.173 e. The van der Waals surface area contributed by atoms with E-state index >= 15 is 0 Å². The molecule has 2 aromatic rings. The average molecular weight is 250 g/mol. The number of pyridine rings is 1. The lowest BCUT2D eigenvalue weighted by Crippen LogP contribution is -3.00. The van der Waals surface area contributed by atoms with Gasteiger partial charge in [-0.3, -0.25) is 0 Å². The topological polar surface area (TPSA) is 13.1 Å². The van der Waals surface area contributed by atoms with Crippen LogP contribution in [-0.2, 0) is 17.9 Å². The van der Waals surface area contributed by atoms with Crippen molar-refractivity contribution < 1.29 is 21.7 Å². The Morgan fingerprint density at radius 1 is 0.941 bits per heavy atom. The van der Waals surface area contributed by atoms with Crippen molar-refractivity contribution in [2.45, 2.75) is 13.2 Å². The van der Waals surface area contributed by atoms with Crippen LogP contribution in [0.15, 0.2) is 54.9 Å². The number of rotatable bonds is 4. The summed E-state index contributed by atoms with van der Waals surface area (Å²) in [5.41, 5.74) is 2.51. The first kappa shape index (κ1) is 13.7. The van der Waals surface area contributed by atoms with Crippen molar-refractivity contribution in [3.8, 4) is 0 Å². The van der Waals surface area contributed by atoms with Gasteiger partial charge in [0.1, 0.15) is 0 Å². The number of benzene rings is 1. The van der Waals surface area contributed by atoms with E-state index in [9.17, 15) is 0 Å². The first-order valence-electron chi connectivity index (χ1n) is 5.39. The SMILES string of the molecule is COCc1ccc(C[n+]2ccccc2)cc1.[Cl-]. The summed E-state index contributed by atoms with van der Waals surface area (Å²) in [7, 11) is 1.72. The zero-order valence-electron chi connectivity index (χ0n) is 9.84. The lowest BCUT2D eigenvalue weighted by molar-refractivity contribution is -0.688. The molecule has 3 heteroatoms. The van der Waals surface area contributed by atoms with Gasteiger partial charge in [0.15, 0.2) is 18.9 Å². The van der Waals surface area contributed by atoms with E-state index in [-0.39, 0.29) is 12.4 Å². The molecule has 1 aromatic carbocycles. The summed E-state index contributed by atoms with van der Waals surface area (Å²) in [6.45, 7) is 1.59. The summed E-state index contributed by atoms with van der Waals surface area (Å²) in [5, 5.41) is 0. The van der Waals surface area contributed by atoms with Gasteiger partial charge < -0.3 is 17.1 Å². The average Bonchev–Trinajstić information content (AvgIpc) is 2.33. The molecular formula is C14H16ClNO. The van der Waals surface area contributed by atoms with E-state index < -0.39 is 0 Å². The quantitative estimate of drug-likeness (QED) is 0.645.